The van der Waals surface area contributed by atoms with Gasteiger partial charge in [0.05, 0.1) is 138 Å². The Labute approximate surface area is 659 Å². The van der Waals surface area contributed by atoms with Crippen LogP contribution < -0.4 is 9.47 Å². The number of fused-ring (bicyclic) bond motifs is 3. The Morgan fingerprint density at radius 3 is 1.25 bits per heavy atom. The standard InChI is InChI=1S/C24H34O4.C23H33NO3S.C21H31NO4.C20H29NO3S2/c1-23(2,3)26-15-22-21(28-24(4,5)6)14-20(27-22)18-12-16-10-8-9-11-17(16)13-19(18)25-7;1-15-8-9-17-16(12-15)10-11-24(21(17)28)20-13-18(27-23(5,6)7)19(26-20)14-25-22(2,3)4;1-20(2,3)24-13-19-18(26-21(4,5)6)11-17(25-19)15-9-8-14(12-22)10-16(15)23-7;1-19(2,3)22-12-15-14(24-20(4,5)6)11-16(23-15)21-9-7-13-8-10-26-17(13)18(21)25/h8-13,20-22H,14-15H2,1-7H3;8-12,18-20H,13-14H2,1-7H3;8-10,17-19H,11,13H2,1-7H3;7-10,14-16H,11-12H2,1-6H3/t20-,21-,22-;18?,19-,20+;17-,18-,19-;14?,15-,16+/m1111/s1. The maximum atomic E-state index is 9.10. The molecular formula is C88H127N3O14S3. The van der Waals surface area contributed by atoms with Gasteiger partial charge in [0, 0.05) is 54.6 Å². The summed E-state index contributed by atoms with van der Waals surface area (Å²) in [5.74, 6) is 1.52. The zero-order valence-electron chi connectivity index (χ0n) is 69.8. The van der Waals surface area contributed by atoms with Gasteiger partial charge in [-0.2, -0.15) is 5.26 Å². The minimum Gasteiger partial charge on any atom is -0.496 e. The molecular weight excluding hydrogens is 1420 g/mol. The third-order valence-corrected chi connectivity index (χ3v) is 19.8. The molecule has 0 bridgehead atoms. The van der Waals surface area contributed by atoms with Crippen LogP contribution in [0.3, 0.4) is 0 Å². The van der Waals surface area contributed by atoms with Gasteiger partial charge in [-0.3, -0.25) is 0 Å². The summed E-state index contributed by atoms with van der Waals surface area (Å²) in [6.45, 7) is 53.5. The Morgan fingerprint density at radius 1 is 0.426 bits per heavy atom. The molecule has 7 heterocycles. The summed E-state index contributed by atoms with van der Waals surface area (Å²) in [6, 6.07) is 32.8. The van der Waals surface area contributed by atoms with E-state index in [1.165, 1.54) is 16.3 Å². The first-order valence-corrected chi connectivity index (χ1v) is 40.0. The van der Waals surface area contributed by atoms with Crippen LogP contribution in [0.1, 0.15) is 239 Å². The van der Waals surface area contributed by atoms with Crippen molar-refractivity contribution in [1.82, 2.24) is 9.13 Å². The predicted octanol–water partition coefficient (Wildman–Crippen LogP) is 21.8. The van der Waals surface area contributed by atoms with Crippen molar-refractivity contribution < 1.29 is 66.3 Å². The van der Waals surface area contributed by atoms with E-state index < -0.39 is 0 Å². The molecule has 0 saturated carbocycles. The third-order valence-electron chi connectivity index (χ3n) is 17.9. The van der Waals surface area contributed by atoms with Crippen molar-refractivity contribution >= 4 is 67.4 Å². The van der Waals surface area contributed by atoms with Crippen LogP contribution in [0, 0.1) is 27.5 Å². The Hall–Kier alpha value is -5.29. The van der Waals surface area contributed by atoms with Gasteiger partial charge in [-0.15, -0.1) is 11.3 Å². The number of thiophene rings is 1. The number of hydrogen-bond acceptors (Lipinski definition) is 18. The molecule has 0 aliphatic carbocycles. The van der Waals surface area contributed by atoms with Crippen LogP contribution in [0.15, 0.2) is 109 Å². The van der Waals surface area contributed by atoms with Gasteiger partial charge in [-0.05, 0) is 242 Å². The highest BCUT2D eigenvalue weighted by Crippen LogP contribution is 2.45. The monoisotopic (exact) mass is 1550 g/mol. The van der Waals surface area contributed by atoms with Gasteiger partial charge >= 0.3 is 0 Å². The summed E-state index contributed by atoms with van der Waals surface area (Å²) in [6.07, 6.45) is 5.91. The van der Waals surface area contributed by atoms with Gasteiger partial charge in [0.15, 0.2) is 0 Å². The molecule has 3 aromatic heterocycles. The summed E-state index contributed by atoms with van der Waals surface area (Å²) >= 11 is 13.2. The summed E-state index contributed by atoms with van der Waals surface area (Å²) < 4.78 is 92.8. The third kappa shape index (κ3) is 26.7. The number of aryl methyl sites for hydroxylation is 1. The topological polar surface area (TPSA) is 163 Å². The first-order chi connectivity index (χ1) is 50.0. The second-order valence-electron chi connectivity index (χ2n) is 36.7. The Balaban J connectivity index is 0.000000182. The zero-order chi connectivity index (χ0) is 79.9. The maximum absolute atomic E-state index is 9.10. The number of ether oxygens (including phenoxy) is 14. The highest BCUT2D eigenvalue weighted by atomic mass is 32.1. The molecule has 4 aromatic carbocycles. The van der Waals surface area contributed by atoms with Crippen LogP contribution in [0.4, 0.5) is 0 Å². The van der Waals surface area contributed by atoms with E-state index in [0.717, 1.165) is 72.7 Å². The number of rotatable bonds is 18. The average Bonchev–Trinajstić information content (AvgIpc) is 1.57. The zero-order valence-corrected chi connectivity index (χ0v) is 72.2. The van der Waals surface area contributed by atoms with Crippen LogP contribution in [0.5, 0.6) is 11.5 Å². The van der Waals surface area contributed by atoms with Crippen molar-refractivity contribution in [2.45, 2.75) is 317 Å². The summed E-state index contributed by atoms with van der Waals surface area (Å²) in [4.78, 5) is 0. The van der Waals surface area contributed by atoms with E-state index >= 15 is 0 Å². The van der Waals surface area contributed by atoms with Gasteiger partial charge in [0.25, 0.3) is 0 Å². The largest absolute Gasteiger partial charge is 0.496 e. The van der Waals surface area contributed by atoms with Gasteiger partial charge in [-0.25, -0.2) is 0 Å². The summed E-state index contributed by atoms with van der Waals surface area (Å²) in [5, 5.41) is 16.9. The van der Waals surface area contributed by atoms with Crippen LogP contribution in [-0.4, -0.2) is 143 Å². The fourth-order valence-corrected chi connectivity index (χ4v) is 15.0. The molecule has 4 fully saturated rings. The lowest BCUT2D eigenvalue weighted by Gasteiger charge is -2.29. The molecule has 4 aliphatic rings. The molecule has 4 aliphatic heterocycles. The minimum atomic E-state index is -0.266. The maximum Gasteiger partial charge on any atom is 0.137 e. The fourth-order valence-electron chi connectivity index (χ4n) is 13.3. The average molecular weight is 1550 g/mol. The number of methoxy groups -OCH3 is 2. The van der Waals surface area contributed by atoms with Crippen LogP contribution in [-0.2, 0) is 56.8 Å². The molecule has 20 heteroatoms. The van der Waals surface area contributed by atoms with E-state index in [-0.39, 0.29) is 118 Å². The molecule has 4 saturated heterocycles. The van der Waals surface area contributed by atoms with Gasteiger partial charge < -0.3 is 75.5 Å². The highest BCUT2D eigenvalue weighted by molar-refractivity contribution is 7.72. The second-order valence-corrected chi connectivity index (χ2v) is 38.3. The van der Waals surface area contributed by atoms with E-state index in [0.29, 0.717) is 37.7 Å². The molecule has 11 rings (SSSR count). The molecule has 0 N–H and O–H groups in total. The number of pyridine rings is 2. The van der Waals surface area contributed by atoms with E-state index in [1.807, 2.05) is 66.1 Å². The molecule has 2 unspecified atom stereocenters. The Bertz CT molecular complexity index is 4240. The minimum absolute atomic E-state index is 0.0245. The first-order valence-electron chi connectivity index (χ1n) is 38.3. The number of benzene rings is 4. The lowest BCUT2D eigenvalue weighted by Crippen LogP contribution is -2.37. The lowest BCUT2D eigenvalue weighted by atomic mass is 9.99. The molecule has 7 aromatic rings. The smallest absolute Gasteiger partial charge is 0.137 e. The normalized spacial score (nSPS) is 23.7. The fraction of sp³-hybridized carbons (Fsp3) is 0.625. The van der Waals surface area contributed by atoms with Crippen molar-refractivity contribution in [2.24, 2.45) is 0 Å². The van der Waals surface area contributed by atoms with Crippen molar-refractivity contribution in [3.63, 3.8) is 0 Å². The highest BCUT2D eigenvalue weighted by Gasteiger charge is 2.45. The Kier molecular flexibility index (Phi) is 29.6. The van der Waals surface area contributed by atoms with E-state index in [1.54, 1.807) is 37.7 Å². The molecule has 0 amide bonds. The summed E-state index contributed by atoms with van der Waals surface area (Å²) in [7, 11) is 3.32. The van der Waals surface area contributed by atoms with Crippen molar-refractivity contribution in [3.8, 4) is 17.6 Å². The number of aromatic nitrogens is 2. The molecule has 12 atom stereocenters. The van der Waals surface area contributed by atoms with Crippen LogP contribution >= 0.6 is 35.8 Å². The summed E-state index contributed by atoms with van der Waals surface area (Å²) in [5.41, 5.74) is 1.95. The van der Waals surface area contributed by atoms with Crippen molar-refractivity contribution in [3.05, 3.63) is 140 Å². The first kappa shape index (κ1) is 88.3. The van der Waals surface area contributed by atoms with E-state index in [2.05, 4.69) is 219 Å². The quantitative estimate of drug-likeness (QED) is 0.0745. The molecule has 0 radical (unpaired) electrons. The van der Waals surface area contributed by atoms with Crippen molar-refractivity contribution in [1.29, 1.82) is 5.26 Å². The molecule has 596 valence electrons. The van der Waals surface area contributed by atoms with Gasteiger partial charge in [0.1, 0.15) is 57.7 Å². The van der Waals surface area contributed by atoms with E-state index in [9.17, 15) is 0 Å². The number of hydrogen-bond donors (Lipinski definition) is 0. The molecule has 0 spiro atoms. The van der Waals surface area contributed by atoms with Gasteiger partial charge in [-0.1, -0.05) is 78.5 Å². The molecule has 17 nitrogen and oxygen atoms in total. The number of nitriles is 1. The van der Waals surface area contributed by atoms with Crippen LogP contribution in [0.25, 0.3) is 31.6 Å². The van der Waals surface area contributed by atoms with Crippen molar-refractivity contribution in [2.75, 3.05) is 40.6 Å². The van der Waals surface area contributed by atoms with Gasteiger partial charge in [0.2, 0.25) is 0 Å². The van der Waals surface area contributed by atoms with Crippen LogP contribution in [0.2, 0.25) is 0 Å². The Morgan fingerprint density at radius 2 is 0.824 bits per heavy atom. The number of nitrogens with zero attached hydrogens (tertiary/aromatic N) is 3. The second kappa shape index (κ2) is 36.2. The predicted molar refractivity (Wildman–Crippen MR) is 439 cm³/mol. The van der Waals surface area contributed by atoms with E-state index in [4.69, 9.17) is 96.0 Å². The lowest BCUT2D eigenvalue weighted by molar-refractivity contribution is -0.132. The SMILES string of the molecule is CC(C)(C)OC[C@H]1O[C@H](n2ccc3ccsc3c2=S)CC1OC(C)(C)C.COc1cc(C#N)ccc1[C@H]1C[C@@H](OC(C)(C)C)[C@@H](COC(C)(C)C)O1.COc1cc2ccccc2cc1[C@H]1C[C@@H](OC(C)(C)C)[C@@H](COC(C)(C)C)O1.Cc1ccc2c(=S)n([C@@H]3CC(OC(C)(C)C)[C@@H](COC(C)(C)C)O3)ccc2c1. The molecule has 108 heavy (non-hydrogen) atoms.